The minimum absolute atomic E-state index is 0.0656. The van der Waals surface area contributed by atoms with E-state index in [0.717, 1.165) is 0 Å². The number of allylic oxidation sites excluding steroid dienone is 2. The highest BCUT2D eigenvalue weighted by Crippen LogP contribution is 2.02. The van der Waals surface area contributed by atoms with Gasteiger partial charge in [-0.05, 0) is 24.0 Å². The van der Waals surface area contributed by atoms with Crippen molar-refractivity contribution in [3.63, 3.8) is 0 Å². The first kappa shape index (κ1) is 22.4. The lowest BCUT2D eigenvalue weighted by atomic mass is 10.1. The van der Waals surface area contributed by atoms with Crippen LogP contribution in [0.4, 0.5) is 0 Å². The summed E-state index contributed by atoms with van der Waals surface area (Å²) in [6.45, 7) is 19.4. The second kappa shape index (κ2) is 12.9. The first-order chi connectivity index (χ1) is 10.2. The molecule has 2 N–H and O–H groups in total. The quantitative estimate of drug-likeness (QED) is 0.668. The molecular weight excluding hydrogens is 276 g/mol. The number of carbonyl (C=O) groups excluding carboxylic acids is 2. The van der Waals surface area contributed by atoms with Crippen molar-refractivity contribution in [1.29, 1.82) is 0 Å². The van der Waals surface area contributed by atoms with Crippen LogP contribution >= 0.6 is 0 Å². The summed E-state index contributed by atoms with van der Waals surface area (Å²) in [6, 6.07) is 0. The van der Waals surface area contributed by atoms with Gasteiger partial charge < -0.3 is 10.6 Å². The van der Waals surface area contributed by atoms with Crippen molar-refractivity contribution in [3.8, 4) is 0 Å². The topological polar surface area (TPSA) is 58.2 Å². The maximum absolute atomic E-state index is 11.5. The van der Waals surface area contributed by atoms with Crippen molar-refractivity contribution in [2.45, 2.75) is 54.4 Å². The minimum Gasteiger partial charge on any atom is -0.327 e. The van der Waals surface area contributed by atoms with Gasteiger partial charge in [-0.3, -0.25) is 9.59 Å². The van der Waals surface area contributed by atoms with Crippen LogP contribution in [0.3, 0.4) is 0 Å². The summed E-state index contributed by atoms with van der Waals surface area (Å²) in [6.07, 6.45) is 4.16. The number of nitrogens with one attached hydrogen (secondary N) is 2. The summed E-state index contributed by atoms with van der Waals surface area (Å²) in [5, 5.41) is 5.36. The van der Waals surface area contributed by atoms with Crippen molar-refractivity contribution in [3.05, 3.63) is 36.7 Å². The largest absolute Gasteiger partial charge is 0.327 e. The molecule has 0 aromatic carbocycles. The fourth-order valence-electron chi connectivity index (χ4n) is 1.49. The zero-order valence-electron chi connectivity index (χ0n) is 15.0. The summed E-state index contributed by atoms with van der Waals surface area (Å²) in [5.41, 5.74) is 0.963. The van der Waals surface area contributed by atoms with E-state index in [1.54, 1.807) is 12.2 Å². The predicted molar refractivity (Wildman–Crippen MR) is 94.0 cm³/mol. The standard InChI is InChI=1S/C16H26N2O2.C2H6/c1-11(2)9-15(19)17-13(5)7-8-14(6)18-16(20)10-12(3)4;1-2/h7-8,11-12H,5-6,9-10H2,1-4H3,(H,17,19)(H,18,20);1-2H3/b8-7-;. The molecule has 0 saturated carbocycles. The molecule has 0 bridgehead atoms. The van der Waals surface area contributed by atoms with E-state index in [1.807, 2.05) is 41.5 Å². The Labute approximate surface area is 135 Å². The molecule has 2 amide bonds. The average molecular weight is 308 g/mol. The molecule has 0 heterocycles. The van der Waals surface area contributed by atoms with Crippen LogP contribution in [0.1, 0.15) is 54.4 Å². The summed E-state index contributed by atoms with van der Waals surface area (Å²) in [7, 11) is 0. The predicted octanol–water partition coefficient (Wildman–Crippen LogP) is 3.92. The molecule has 0 rings (SSSR count). The van der Waals surface area contributed by atoms with Gasteiger partial charge in [0.25, 0.3) is 0 Å². The third-order valence-corrected chi connectivity index (χ3v) is 2.27. The maximum atomic E-state index is 11.5. The van der Waals surface area contributed by atoms with E-state index in [2.05, 4.69) is 23.8 Å². The molecule has 0 fully saturated rings. The Morgan fingerprint density at radius 3 is 1.32 bits per heavy atom. The first-order valence-corrected chi connectivity index (χ1v) is 7.86. The van der Waals surface area contributed by atoms with Crippen LogP contribution in [-0.2, 0) is 9.59 Å². The second-order valence-corrected chi connectivity index (χ2v) is 5.68. The molecule has 22 heavy (non-hydrogen) atoms. The van der Waals surface area contributed by atoms with E-state index in [0.29, 0.717) is 36.1 Å². The molecule has 0 spiro atoms. The monoisotopic (exact) mass is 308 g/mol. The summed E-state index contributed by atoms with van der Waals surface area (Å²) in [5.74, 6) is 0.474. The van der Waals surface area contributed by atoms with Gasteiger partial charge in [0, 0.05) is 24.2 Å². The molecule has 4 heteroatoms. The molecule has 0 radical (unpaired) electrons. The van der Waals surface area contributed by atoms with E-state index < -0.39 is 0 Å². The van der Waals surface area contributed by atoms with Crippen LogP contribution in [0.2, 0.25) is 0 Å². The Morgan fingerprint density at radius 2 is 1.09 bits per heavy atom. The Bertz CT molecular complexity index is 369. The van der Waals surface area contributed by atoms with Crippen molar-refractivity contribution in [2.75, 3.05) is 0 Å². The SMILES string of the molecule is C=C(/C=C\C(=C)NC(=O)CC(C)C)NC(=O)CC(C)C.CC. The van der Waals surface area contributed by atoms with Crippen LogP contribution < -0.4 is 10.6 Å². The van der Waals surface area contributed by atoms with Crippen molar-refractivity contribution >= 4 is 11.8 Å². The van der Waals surface area contributed by atoms with Gasteiger partial charge in [-0.15, -0.1) is 0 Å². The highest BCUT2D eigenvalue weighted by atomic mass is 16.2. The molecule has 0 aliphatic carbocycles. The zero-order valence-corrected chi connectivity index (χ0v) is 15.0. The van der Waals surface area contributed by atoms with Crippen LogP contribution in [0.15, 0.2) is 36.7 Å². The average Bonchev–Trinajstić information content (AvgIpc) is 2.36. The summed E-state index contributed by atoms with van der Waals surface area (Å²) in [4.78, 5) is 23.0. The lowest BCUT2D eigenvalue weighted by Crippen LogP contribution is -2.23. The Morgan fingerprint density at radius 1 is 0.818 bits per heavy atom. The van der Waals surface area contributed by atoms with Gasteiger partial charge in [0.15, 0.2) is 0 Å². The summed E-state index contributed by atoms with van der Waals surface area (Å²) >= 11 is 0. The molecule has 0 atom stereocenters. The maximum Gasteiger partial charge on any atom is 0.224 e. The fraction of sp³-hybridized carbons (Fsp3) is 0.556. The van der Waals surface area contributed by atoms with Gasteiger partial charge in [0.2, 0.25) is 11.8 Å². The molecule has 0 unspecified atom stereocenters. The Kier molecular flexibility index (Phi) is 13.1. The van der Waals surface area contributed by atoms with E-state index in [9.17, 15) is 9.59 Å². The van der Waals surface area contributed by atoms with E-state index >= 15 is 0 Å². The van der Waals surface area contributed by atoms with Crippen LogP contribution in [0.25, 0.3) is 0 Å². The molecule has 0 aromatic rings. The van der Waals surface area contributed by atoms with Crippen LogP contribution in [0, 0.1) is 11.8 Å². The lowest BCUT2D eigenvalue weighted by Gasteiger charge is -2.08. The van der Waals surface area contributed by atoms with Gasteiger partial charge in [0.1, 0.15) is 0 Å². The Hall–Kier alpha value is -1.84. The van der Waals surface area contributed by atoms with E-state index in [-0.39, 0.29) is 11.8 Å². The number of rotatable bonds is 8. The molecular formula is C18H32N2O2. The zero-order chi connectivity index (χ0) is 17.7. The van der Waals surface area contributed by atoms with E-state index in [1.165, 1.54) is 0 Å². The highest BCUT2D eigenvalue weighted by molar-refractivity contribution is 5.79. The molecule has 126 valence electrons. The van der Waals surface area contributed by atoms with Crippen molar-refractivity contribution < 1.29 is 9.59 Å². The number of amides is 2. The lowest BCUT2D eigenvalue weighted by molar-refractivity contribution is -0.121. The van der Waals surface area contributed by atoms with Gasteiger partial charge in [-0.25, -0.2) is 0 Å². The number of carbonyl (C=O) groups is 2. The third-order valence-electron chi connectivity index (χ3n) is 2.27. The molecule has 0 aliphatic heterocycles. The molecule has 0 aromatic heterocycles. The number of hydrogen-bond donors (Lipinski definition) is 2. The smallest absolute Gasteiger partial charge is 0.224 e. The molecule has 0 saturated heterocycles. The normalized spacial score (nSPS) is 10.2. The highest BCUT2D eigenvalue weighted by Gasteiger charge is 2.05. The van der Waals surface area contributed by atoms with Gasteiger partial charge in [-0.1, -0.05) is 54.7 Å². The van der Waals surface area contributed by atoms with Gasteiger partial charge in [-0.2, -0.15) is 0 Å². The van der Waals surface area contributed by atoms with Crippen LogP contribution in [-0.4, -0.2) is 11.8 Å². The fourth-order valence-corrected chi connectivity index (χ4v) is 1.49. The first-order valence-electron chi connectivity index (χ1n) is 7.86. The third kappa shape index (κ3) is 14.6. The van der Waals surface area contributed by atoms with Gasteiger partial charge >= 0.3 is 0 Å². The molecule has 0 aliphatic rings. The van der Waals surface area contributed by atoms with Crippen molar-refractivity contribution in [1.82, 2.24) is 10.6 Å². The van der Waals surface area contributed by atoms with Crippen molar-refractivity contribution in [2.24, 2.45) is 11.8 Å². The molecule has 4 nitrogen and oxygen atoms in total. The van der Waals surface area contributed by atoms with E-state index in [4.69, 9.17) is 0 Å². The second-order valence-electron chi connectivity index (χ2n) is 5.68. The number of hydrogen-bond acceptors (Lipinski definition) is 2. The van der Waals surface area contributed by atoms with Gasteiger partial charge in [0.05, 0.1) is 0 Å². The summed E-state index contributed by atoms with van der Waals surface area (Å²) < 4.78 is 0. The van der Waals surface area contributed by atoms with Crippen LogP contribution in [0.5, 0.6) is 0 Å². The minimum atomic E-state index is -0.0656. The Balaban J connectivity index is 0.